The first-order valence-corrected chi connectivity index (χ1v) is 4.86. The molecule has 7 nitrogen and oxygen atoms in total. The number of carboxylic acid groups (broad SMARTS) is 2. The maximum Gasteiger partial charge on any atom is 0.326 e. The number of carbonyl (C=O) groups excluding carboxylic acids is 1. The van der Waals surface area contributed by atoms with Gasteiger partial charge in [-0.05, 0) is 6.42 Å². The van der Waals surface area contributed by atoms with Gasteiger partial charge in [-0.1, -0.05) is 6.92 Å². The fourth-order valence-electron chi connectivity index (χ4n) is 1.01. The van der Waals surface area contributed by atoms with E-state index in [1.54, 1.807) is 6.92 Å². The van der Waals surface area contributed by atoms with Crippen LogP contribution in [0.1, 0.15) is 26.2 Å². The summed E-state index contributed by atoms with van der Waals surface area (Å²) in [6.45, 7) is 1.80. The Morgan fingerprint density at radius 1 is 1.25 bits per heavy atom. The number of hydrogen-bond donors (Lipinski definition) is 4. The molecule has 0 aliphatic carbocycles. The third-order valence-electron chi connectivity index (χ3n) is 1.98. The van der Waals surface area contributed by atoms with Crippen LogP contribution in [0.2, 0.25) is 0 Å². The summed E-state index contributed by atoms with van der Waals surface area (Å²) in [4.78, 5) is 32.2. The van der Waals surface area contributed by atoms with Gasteiger partial charge in [0.1, 0.15) is 6.04 Å². The Morgan fingerprint density at radius 2 is 1.81 bits per heavy atom. The first kappa shape index (κ1) is 14.4. The Kier molecular flexibility index (Phi) is 6.09. The lowest BCUT2D eigenvalue weighted by Gasteiger charge is -2.14. The molecule has 0 radical (unpaired) electrons. The van der Waals surface area contributed by atoms with Gasteiger partial charge in [-0.15, -0.1) is 0 Å². The highest BCUT2D eigenvalue weighted by molar-refractivity contribution is 5.86. The molecule has 7 heteroatoms. The van der Waals surface area contributed by atoms with Crippen molar-refractivity contribution in [2.45, 2.75) is 38.3 Å². The van der Waals surface area contributed by atoms with E-state index in [4.69, 9.17) is 15.9 Å². The van der Waals surface area contributed by atoms with Gasteiger partial charge in [0.2, 0.25) is 5.91 Å². The van der Waals surface area contributed by atoms with Gasteiger partial charge in [-0.3, -0.25) is 9.59 Å². The molecule has 0 aromatic heterocycles. The number of amides is 1. The smallest absolute Gasteiger partial charge is 0.326 e. The van der Waals surface area contributed by atoms with E-state index in [1.807, 2.05) is 0 Å². The molecule has 0 aliphatic heterocycles. The zero-order valence-electron chi connectivity index (χ0n) is 8.97. The van der Waals surface area contributed by atoms with Crippen molar-refractivity contribution in [3.8, 4) is 0 Å². The predicted molar refractivity (Wildman–Crippen MR) is 54.7 cm³/mol. The van der Waals surface area contributed by atoms with Crippen molar-refractivity contribution >= 4 is 17.8 Å². The maximum atomic E-state index is 11.3. The molecule has 2 atom stereocenters. The second-order valence-electron chi connectivity index (χ2n) is 3.43. The van der Waals surface area contributed by atoms with Gasteiger partial charge in [0.25, 0.3) is 0 Å². The Hall–Kier alpha value is -1.63. The average Bonchev–Trinajstić information content (AvgIpc) is 2.15. The topological polar surface area (TPSA) is 130 Å². The number of nitrogens with one attached hydrogen (secondary N) is 1. The number of carbonyl (C=O) groups is 3. The lowest BCUT2D eigenvalue weighted by molar-refractivity contribution is -0.147. The van der Waals surface area contributed by atoms with Crippen LogP contribution in [0.25, 0.3) is 0 Å². The fourth-order valence-corrected chi connectivity index (χ4v) is 1.01. The molecule has 16 heavy (non-hydrogen) atoms. The lowest BCUT2D eigenvalue weighted by Crippen LogP contribution is -2.43. The van der Waals surface area contributed by atoms with Crippen LogP contribution in [0.15, 0.2) is 0 Å². The SMILES string of the molecule is CCC(N)CC(=O)NC(CC(=O)O)C(=O)O. The third-order valence-corrected chi connectivity index (χ3v) is 1.98. The Morgan fingerprint density at radius 3 is 2.19 bits per heavy atom. The molecule has 92 valence electrons. The Balaban J connectivity index is 4.24. The molecule has 0 aromatic rings. The third kappa shape index (κ3) is 5.97. The summed E-state index contributed by atoms with van der Waals surface area (Å²) < 4.78 is 0. The van der Waals surface area contributed by atoms with E-state index in [9.17, 15) is 14.4 Å². The minimum Gasteiger partial charge on any atom is -0.481 e. The van der Waals surface area contributed by atoms with Crippen LogP contribution in [0, 0.1) is 0 Å². The van der Waals surface area contributed by atoms with E-state index in [-0.39, 0.29) is 12.5 Å². The van der Waals surface area contributed by atoms with Crippen LogP contribution in [0.5, 0.6) is 0 Å². The average molecular weight is 232 g/mol. The molecule has 0 saturated carbocycles. The summed E-state index contributed by atoms with van der Waals surface area (Å²) in [6, 6.07) is -1.76. The van der Waals surface area contributed by atoms with Gasteiger partial charge < -0.3 is 21.3 Å². The second kappa shape index (κ2) is 6.78. The van der Waals surface area contributed by atoms with Gasteiger partial charge in [0, 0.05) is 12.5 Å². The lowest BCUT2D eigenvalue weighted by atomic mass is 10.1. The summed E-state index contributed by atoms with van der Waals surface area (Å²) in [5, 5.41) is 19.2. The van der Waals surface area contributed by atoms with Crippen LogP contribution >= 0.6 is 0 Å². The van der Waals surface area contributed by atoms with E-state index in [0.717, 1.165) is 0 Å². The molecule has 0 saturated heterocycles. The molecule has 1 amide bonds. The molecular weight excluding hydrogens is 216 g/mol. The molecule has 2 unspecified atom stereocenters. The molecule has 0 aromatic carbocycles. The van der Waals surface area contributed by atoms with Crippen molar-refractivity contribution < 1.29 is 24.6 Å². The molecule has 0 bridgehead atoms. The molecule has 0 spiro atoms. The monoisotopic (exact) mass is 232 g/mol. The summed E-state index contributed by atoms with van der Waals surface area (Å²) in [5.74, 6) is -3.21. The molecule has 0 rings (SSSR count). The minimum atomic E-state index is -1.41. The van der Waals surface area contributed by atoms with E-state index in [1.165, 1.54) is 0 Å². The number of aliphatic carboxylic acids is 2. The zero-order valence-corrected chi connectivity index (χ0v) is 8.97. The second-order valence-corrected chi connectivity index (χ2v) is 3.43. The molecule has 0 aliphatic rings. The highest BCUT2D eigenvalue weighted by Gasteiger charge is 2.23. The van der Waals surface area contributed by atoms with E-state index in [0.29, 0.717) is 6.42 Å². The fraction of sp³-hybridized carbons (Fsp3) is 0.667. The van der Waals surface area contributed by atoms with Crippen molar-refractivity contribution in [2.75, 3.05) is 0 Å². The highest BCUT2D eigenvalue weighted by Crippen LogP contribution is 1.97. The predicted octanol–water partition coefficient (Wildman–Crippen LogP) is -0.842. The van der Waals surface area contributed by atoms with Crippen molar-refractivity contribution in [1.82, 2.24) is 5.32 Å². The number of rotatable bonds is 7. The minimum absolute atomic E-state index is 0.0140. The van der Waals surface area contributed by atoms with Crippen molar-refractivity contribution in [3.05, 3.63) is 0 Å². The normalized spacial score (nSPS) is 13.9. The summed E-state index contributed by atoms with van der Waals surface area (Å²) in [7, 11) is 0. The Bertz CT molecular complexity index is 279. The number of hydrogen-bond acceptors (Lipinski definition) is 4. The van der Waals surface area contributed by atoms with Crippen LogP contribution < -0.4 is 11.1 Å². The van der Waals surface area contributed by atoms with Crippen molar-refractivity contribution in [2.24, 2.45) is 5.73 Å². The van der Waals surface area contributed by atoms with Crippen LogP contribution in [0.3, 0.4) is 0 Å². The molecule has 0 fully saturated rings. The zero-order chi connectivity index (χ0) is 12.7. The largest absolute Gasteiger partial charge is 0.481 e. The summed E-state index contributed by atoms with van der Waals surface area (Å²) >= 11 is 0. The number of carboxylic acids is 2. The van der Waals surface area contributed by atoms with Gasteiger partial charge in [0.15, 0.2) is 0 Å². The van der Waals surface area contributed by atoms with E-state index >= 15 is 0 Å². The van der Waals surface area contributed by atoms with Crippen molar-refractivity contribution in [3.63, 3.8) is 0 Å². The summed E-state index contributed by atoms with van der Waals surface area (Å²) in [6.07, 6.45) is -0.0770. The quantitative estimate of drug-likeness (QED) is 0.452. The van der Waals surface area contributed by atoms with Gasteiger partial charge in [-0.25, -0.2) is 4.79 Å². The van der Waals surface area contributed by atoms with Crippen LogP contribution in [-0.2, 0) is 14.4 Å². The molecular formula is C9H16N2O5. The highest BCUT2D eigenvalue weighted by atomic mass is 16.4. The Labute approximate surface area is 92.6 Å². The molecule has 0 heterocycles. The van der Waals surface area contributed by atoms with Crippen molar-refractivity contribution in [1.29, 1.82) is 0 Å². The first-order chi connectivity index (χ1) is 7.36. The van der Waals surface area contributed by atoms with Gasteiger partial charge in [-0.2, -0.15) is 0 Å². The van der Waals surface area contributed by atoms with E-state index < -0.39 is 30.3 Å². The molecule has 5 N–H and O–H groups in total. The van der Waals surface area contributed by atoms with Gasteiger partial charge >= 0.3 is 11.9 Å². The van der Waals surface area contributed by atoms with Crippen LogP contribution in [0.4, 0.5) is 0 Å². The standard InChI is InChI=1S/C9H16N2O5/c1-2-5(10)3-7(12)11-6(9(15)16)4-8(13)14/h5-6H,2-4,10H2,1H3,(H,11,12)(H,13,14)(H,15,16). The van der Waals surface area contributed by atoms with Crippen LogP contribution in [-0.4, -0.2) is 40.1 Å². The first-order valence-electron chi connectivity index (χ1n) is 4.86. The number of nitrogens with two attached hydrogens (primary N) is 1. The maximum absolute atomic E-state index is 11.3. The summed E-state index contributed by atoms with van der Waals surface area (Å²) in [5.41, 5.74) is 5.50. The van der Waals surface area contributed by atoms with E-state index in [2.05, 4.69) is 5.32 Å². The van der Waals surface area contributed by atoms with Gasteiger partial charge in [0.05, 0.1) is 6.42 Å².